The van der Waals surface area contributed by atoms with Gasteiger partial charge in [0, 0.05) is 12.0 Å². The zero-order valence-corrected chi connectivity index (χ0v) is 9.72. The molecule has 0 saturated carbocycles. The van der Waals surface area contributed by atoms with Crippen molar-refractivity contribution in [2.45, 2.75) is 25.8 Å². The van der Waals surface area contributed by atoms with Gasteiger partial charge in [0.1, 0.15) is 6.61 Å². The van der Waals surface area contributed by atoms with E-state index in [4.69, 9.17) is 9.84 Å². The smallest absolute Gasteiger partial charge is 0.303 e. The summed E-state index contributed by atoms with van der Waals surface area (Å²) in [7, 11) is 0. The van der Waals surface area contributed by atoms with E-state index in [0.29, 0.717) is 18.9 Å². The van der Waals surface area contributed by atoms with Crippen LogP contribution >= 0.6 is 0 Å². The molecule has 4 nitrogen and oxygen atoms in total. The van der Waals surface area contributed by atoms with Crippen LogP contribution in [0.2, 0.25) is 0 Å². The van der Waals surface area contributed by atoms with Gasteiger partial charge in [0.15, 0.2) is 0 Å². The maximum atomic E-state index is 10.5. The first-order valence-electron chi connectivity index (χ1n) is 5.65. The Kier molecular flexibility index (Phi) is 3.42. The molecule has 17 heavy (non-hydrogen) atoms. The highest BCUT2D eigenvalue weighted by atomic mass is 16.5. The number of carboxylic acid groups (broad SMARTS) is 1. The van der Waals surface area contributed by atoms with Crippen LogP contribution in [0.1, 0.15) is 24.0 Å². The molecule has 1 aliphatic rings. The molecule has 0 spiro atoms. The number of ether oxygens (including phenoxy) is 1. The molecule has 0 bridgehead atoms. The monoisotopic (exact) mass is 233 g/mol. The predicted octanol–water partition coefficient (Wildman–Crippen LogP) is 2.01. The number of aryl methyl sites for hydroxylation is 1. The number of benzene rings is 1. The number of carboxylic acids is 1. The predicted molar refractivity (Wildman–Crippen MR) is 64.3 cm³/mol. The zero-order chi connectivity index (χ0) is 12.3. The summed E-state index contributed by atoms with van der Waals surface area (Å²) in [6, 6.07) is 7.86. The van der Waals surface area contributed by atoms with E-state index in [1.807, 2.05) is 31.2 Å². The van der Waals surface area contributed by atoms with E-state index in [1.54, 1.807) is 0 Å². The van der Waals surface area contributed by atoms with Gasteiger partial charge in [0.25, 0.3) is 0 Å². The highest BCUT2D eigenvalue weighted by Crippen LogP contribution is 2.17. The van der Waals surface area contributed by atoms with Gasteiger partial charge in [0.2, 0.25) is 5.90 Å². The molecule has 90 valence electrons. The van der Waals surface area contributed by atoms with Crippen molar-refractivity contribution < 1.29 is 14.6 Å². The Morgan fingerprint density at radius 3 is 3.00 bits per heavy atom. The van der Waals surface area contributed by atoms with Crippen LogP contribution in [-0.2, 0) is 9.53 Å². The van der Waals surface area contributed by atoms with Crippen molar-refractivity contribution in [3.63, 3.8) is 0 Å². The fourth-order valence-electron chi connectivity index (χ4n) is 1.81. The van der Waals surface area contributed by atoms with E-state index in [1.165, 1.54) is 0 Å². The lowest BCUT2D eigenvalue weighted by Crippen LogP contribution is -2.09. The number of carbonyl (C=O) groups is 1. The molecule has 4 heteroatoms. The van der Waals surface area contributed by atoms with Gasteiger partial charge < -0.3 is 9.84 Å². The molecule has 0 amide bonds. The number of hydrogen-bond donors (Lipinski definition) is 1. The van der Waals surface area contributed by atoms with E-state index >= 15 is 0 Å². The largest absolute Gasteiger partial charge is 0.481 e. The summed E-state index contributed by atoms with van der Waals surface area (Å²) in [6.07, 6.45) is 0.670. The standard InChI is InChI=1S/C13H15NO3/c1-9-4-2-3-5-11(9)13-14-10(8-17-13)6-7-12(15)16/h2-5,10H,6-8H2,1H3,(H,15,16). The van der Waals surface area contributed by atoms with Crippen molar-refractivity contribution in [1.29, 1.82) is 0 Å². The SMILES string of the molecule is Cc1ccccc1C1=NC(CCC(=O)O)CO1. The van der Waals surface area contributed by atoms with E-state index < -0.39 is 5.97 Å². The minimum absolute atomic E-state index is 0.0271. The van der Waals surface area contributed by atoms with E-state index in [-0.39, 0.29) is 12.5 Å². The normalized spacial score (nSPS) is 18.6. The van der Waals surface area contributed by atoms with Gasteiger partial charge in [-0.25, -0.2) is 4.99 Å². The molecule has 1 aliphatic heterocycles. The molecule has 1 unspecified atom stereocenters. The Hall–Kier alpha value is -1.84. The highest BCUT2D eigenvalue weighted by Gasteiger charge is 2.21. The fourth-order valence-corrected chi connectivity index (χ4v) is 1.81. The Labute approximate surface area is 99.9 Å². The van der Waals surface area contributed by atoms with Crippen LogP contribution in [0.3, 0.4) is 0 Å². The van der Waals surface area contributed by atoms with Gasteiger partial charge >= 0.3 is 5.97 Å². The van der Waals surface area contributed by atoms with Gasteiger partial charge in [-0.05, 0) is 25.0 Å². The van der Waals surface area contributed by atoms with Crippen molar-refractivity contribution in [2.24, 2.45) is 4.99 Å². The van der Waals surface area contributed by atoms with Crippen LogP contribution in [0, 0.1) is 6.92 Å². The van der Waals surface area contributed by atoms with Crippen LogP contribution in [0.4, 0.5) is 0 Å². The molecule has 1 heterocycles. The summed E-state index contributed by atoms with van der Waals surface area (Å²) in [6.45, 7) is 2.49. The summed E-state index contributed by atoms with van der Waals surface area (Å²) < 4.78 is 5.52. The summed E-state index contributed by atoms with van der Waals surface area (Å²) in [5.74, 6) is -0.150. The Balaban J connectivity index is 2.06. The van der Waals surface area contributed by atoms with Crippen molar-refractivity contribution in [3.8, 4) is 0 Å². The average molecular weight is 233 g/mol. The Morgan fingerprint density at radius 1 is 1.53 bits per heavy atom. The van der Waals surface area contributed by atoms with Crippen molar-refractivity contribution in [1.82, 2.24) is 0 Å². The van der Waals surface area contributed by atoms with Gasteiger partial charge in [-0.2, -0.15) is 0 Å². The molecule has 0 aromatic heterocycles. The zero-order valence-electron chi connectivity index (χ0n) is 9.72. The summed E-state index contributed by atoms with van der Waals surface area (Å²) in [4.78, 5) is 14.9. The van der Waals surface area contributed by atoms with Gasteiger partial charge in [-0.3, -0.25) is 4.79 Å². The average Bonchev–Trinajstić information content (AvgIpc) is 2.75. The second kappa shape index (κ2) is 4.99. The van der Waals surface area contributed by atoms with Gasteiger partial charge in [0.05, 0.1) is 6.04 Å². The van der Waals surface area contributed by atoms with Crippen molar-refractivity contribution in [2.75, 3.05) is 6.61 Å². The third-order valence-corrected chi connectivity index (χ3v) is 2.78. The molecular weight excluding hydrogens is 218 g/mol. The van der Waals surface area contributed by atoms with Crippen molar-refractivity contribution >= 4 is 11.9 Å². The molecule has 1 N–H and O–H groups in total. The quantitative estimate of drug-likeness (QED) is 0.865. The number of hydrogen-bond acceptors (Lipinski definition) is 3. The van der Waals surface area contributed by atoms with Crippen LogP contribution in [0.15, 0.2) is 29.3 Å². The molecule has 0 fully saturated rings. The molecule has 1 aromatic rings. The first kappa shape index (κ1) is 11.6. The Morgan fingerprint density at radius 2 is 2.29 bits per heavy atom. The topological polar surface area (TPSA) is 58.9 Å². The fraction of sp³-hybridized carbons (Fsp3) is 0.385. The second-order valence-corrected chi connectivity index (χ2v) is 4.15. The maximum absolute atomic E-state index is 10.5. The summed E-state index contributed by atoms with van der Waals surface area (Å²) in [5, 5.41) is 8.61. The van der Waals surface area contributed by atoms with E-state index in [9.17, 15) is 4.79 Å². The summed E-state index contributed by atoms with van der Waals surface area (Å²) >= 11 is 0. The number of rotatable bonds is 4. The van der Waals surface area contributed by atoms with Gasteiger partial charge in [-0.15, -0.1) is 0 Å². The minimum Gasteiger partial charge on any atom is -0.481 e. The number of aliphatic carboxylic acids is 1. The third kappa shape index (κ3) is 2.84. The lowest BCUT2D eigenvalue weighted by atomic mass is 10.1. The lowest BCUT2D eigenvalue weighted by Gasteiger charge is -2.03. The molecule has 1 aromatic carbocycles. The second-order valence-electron chi connectivity index (χ2n) is 4.15. The minimum atomic E-state index is -0.787. The van der Waals surface area contributed by atoms with E-state index in [2.05, 4.69) is 4.99 Å². The molecule has 0 saturated heterocycles. The first-order chi connectivity index (χ1) is 8.16. The number of aliphatic imine (C=N–C) groups is 1. The highest BCUT2D eigenvalue weighted by molar-refractivity contribution is 5.96. The first-order valence-corrected chi connectivity index (χ1v) is 5.65. The van der Waals surface area contributed by atoms with Gasteiger partial charge in [-0.1, -0.05) is 18.2 Å². The van der Waals surface area contributed by atoms with E-state index in [0.717, 1.165) is 11.1 Å². The maximum Gasteiger partial charge on any atom is 0.303 e. The van der Waals surface area contributed by atoms with Crippen molar-refractivity contribution in [3.05, 3.63) is 35.4 Å². The lowest BCUT2D eigenvalue weighted by molar-refractivity contribution is -0.137. The molecule has 0 radical (unpaired) electrons. The Bertz CT molecular complexity index is 454. The molecule has 1 atom stereocenters. The van der Waals surface area contributed by atoms with Crippen LogP contribution in [0.5, 0.6) is 0 Å². The molecular formula is C13H15NO3. The summed E-state index contributed by atoms with van der Waals surface area (Å²) in [5.41, 5.74) is 2.11. The number of nitrogens with zero attached hydrogens (tertiary/aromatic N) is 1. The van der Waals surface area contributed by atoms with Crippen LogP contribution in [0.25, 0.3) is 0 Å². The third-order valence-electron chi connectivity index (χ3n) is 2.78. The molecule has 2 rings (SSSR count). The molecule has 0 aliphatic carbocycles. The van der Waals surface area contributed by atoms with Crippen LogP contribution in [-0.4, -0.2) is 29.6 Å². The van der Waals surface area contributed by atoms with Crippen LogP contribution < -0.4 is 0 Å².